The third kappa shape index (κ3) is 3.05. The van der Waals surface area contributed by atoms with Crippen molar-refractivity contribution in [2.75, 3.05) is 5.32 Å². The highest BCUT2D eigenvalue weighted by atomic mass is 15.0. The van der Waals surface area contributed by atoms with Gasteiger partial charge >= 0.3 is 0 Å². The van der Waals surface area contributed by atoms with Gasteiger partial charge in [0, 0.05) is 12.2 Å². The summed E-state index contributed by atoms with van der Waals surface area (Å²) < 4.78 is 0. The van der Waals surface area contributed by atoms with Crippen molar-refractivity contribution in [2.24, 2.45) is 0 Å². The minimum atomic E-state index is 0.359. The van der Waals surface area contributed by atoms with E-state index in [1.807, 2.05) is 12.1 Å². The van der Waals surface area contributed by atoms with Gasteiger partial charge in [0.05, 0.1) is 0 Å². The first-order valence-electron chi connectivity index (χ1n) is 5.41. The van der Waals surface area contributed by atoms with E-state index in [9.17, 15) is 0 Å². The van der Waals surface area contributed by atoms with Gasteiger partial charge in [0.25, 0.3) is 0 Å². The molecule has 0 aliphatic carbocycles. The first-order valence-corrected chi connectivity index (χ1v) is 5.41. The molecule has 0 bridgehead atoms. The molecule has 0 amide bonds. The molecule has 0 spiro atoms. The number of rotatable bonds is 4. The van der Waals surface area contributed by atoms with Crippen LogP contribution >= 0.6 is 0 Å². The van der Waals surface area contributed by atoms with Crippen LogP contribution in [0.5, 0.6) is 0 Å². The van der Waals surface area contributed by atoms with Crippen LogP contribution in [0.2, 0.25) is 0 Å². The van der Waals surface area contributed by atoms with Crippen molar-refractivity contribution >= 4 is 5.82 Å². The summed E-state index contributed by atoms with van der Waals surface area (Å²) in [5, 5.41) is 3.34. The predicted molar refractivity (Wildman–Crippen MR) is 65.3 cm³/mol. The molecule has 0 aliphatic heterocycles. The first kappa shape index (κ1) is 10.6. The number of hydrogen-bond acceptors (Lipinski definition) is 3. The van der Waals surface area contributed by atoms with Crippen LogP contribution < -0.4 is 5.32 Å². The lowest BCUT2D eigenvalue weighted by Gasteiger charge is -2.14. The fourth-order valence-corrected chi connectivity index (χ4v) is 1.65. The van der Waals surface area contributed by atoms with E-state index in [0.717, 1.165) is 12.2 Å². The molecule has 16 heavy (non-hydrogen) atoms. The largest absolute Gasteiger partial charge is 0.367 e. The molecule has 0 saturated heterocycles. The Morgan fingerprint density at radius 2 is 2.00 bits per heavy atom. The smallest absolute Gasteiger partial charge is 0.129 e. The average molecular weight is 213 g/mol. The van der Waals surface area contributed by atoms with Gasteiger partial charge in [0.15, 0.2) is 0 Å². The van der Waals surface area contributed by atoms with Crippen LogP contribution in [0.1, 0.15) is 12.5 Å². The van der Waals surface area contributed by atoms with Crippen molar-refractivity contribution < 1.29 is 0 Å². The minimum Gasteiger partial charge on any atom is -0.367 e. The number of nitrogens with one attached hydrogen (secondary N) is 1. The van der Waals surface area contributed by atoms with Crippen molar-refractivity contribution in [2.45, 2.75) is 19.4 Å². The molecule has 0 aliphatic rings. The summed E-state index contributed by atoms with van der Waals surface area (Å²) >= 11 is 0. The predicted octanol–water partition coefficient (Wildman–Crippen LogP) is 2.52. The van der Waals surface area contributed by atoms with Crippen molar-refractivity contribution in [1.29, 1.82) is 0 Å². The van der Waals surface area contributed by atoms with Gasteiger partial charge < -0.3 is 5.32 Å². The minimum absolute atomic E-state index is 0.359. The zero-order chi connectivity index (χ0) is 11.2. The summed E-state index contributed by atoms with van der Waals surface area (Å²) in [6, 6.07) is 12.7. The summed E-state index contributed by atoms with van der Waals surface area (Å²) in [5.74, 6) is 0.874. The van der Waals surface area contributed by atoms with Crippen LogP contribution in [-0.4, -0.2) is 16.0 Å². The lowest BCUT2D eigenvalue weighted by molar-refractivity contribution is 0.783. The molecular weight excluding hydrogens is 198 g/mol. The molecule has 1 heterocycles. The number of hydrogen-bond donors (Lipinski definition) is 1. The zero-order valence-corrected chi connectivity index (χ0v) is 9.30. The number of benzene rings is 1. The summed E-state index contributed by atoms with van der Waals surface area (Å²) in [5.41, 5.74) is 1.33. The van der Waals surface area contributed by atoms with Crippen LogP contribution in [0.3, 0.4) is 0 Å². The van der Waals surface area contributed by atoms with E-state index >= 15 is 0 Å². The molecule has 0 saturated carbocycles. The molecule has 2 aromatic rings. The van der Waals surface area contributed by atoms with Crippen LogP contribution in [0.25, 0.3) is 0 Å². The molecule has 82 valence electrons. The lowest BCUT2D eigenvalue weighted by Crippen LogP contribution is -2.18. The molecule has 1 atom stereocenters. The standard InChI is InChI=1S/C13H15N3/c1-11(9-12-5-3-2-4-6-12)16-13-7-8-14-10-15-13/h2-8,10-11H,9H2,1H3,(H,14,15,16). The highest BCUT2D eigenvalue weighted by Crippen LogP contribution is 2.07. The molecule has 1 aromatic heterocycles. The van der Waals surface area contributed by atoms with Gasteiger partial charge in [-0.2, -0.15) is 0 Å². The van der Waals surface area contributed by atoms with Gasteiger partial charge in [-0.25, -0.2) is 9.97 Å². The van der Waals surface area contributed by atoms with Gasteiger partial charge in [-0.1, -0.05) is 30.3 Å². The molecular formula is C13H15N3. The Hall–Kier alpha value is -1.90. The normalized spacial score (nSPS) is 12.1. The Labute approximate surface area is 95.6 Å². The van der Waals surface area contributed by atoms with Crippen LogP contribution in [0.4, 0.5) is 5.82 Å². The van der Waals surface area contributed by atoms with Gasteiger partial charge in [-0.15, -0.1) is 0 Å². The summed E-state index contributed by atoms with van der Waals surface area (Å²) in [4.78, 5) is 8.02. The van der Waals surface area contributed by atoms with Gasteiger partial charge in [-0.05, 0) is 25.0 Å². The van der Waals surface area contributed by atoms with Crippen molar-refractivity contribution in [3.05, 3.63) is 54.5 Å². The average Bonchev–Trinajstić information content (AvgIpc) is 2.31. The van der Waals surface area contributed by atoms with E-state index in [0.29, 0.717) is 6.04 Å². The SMILES string of the molecule is CC(Cc1ccccc1)Nc1ccncn1. The van der Waals surface area contributed by atoms with E-state index in [1.165, 1.54) is 5.56 Å². The Morgan fingerprint density at radius 1 is 1.19 bits per heavy atom. The van der Waals surface area contributed by atoms with Crippen molar-refractivity contribution in [1.82, 2.24) is 9.97 Å². The van der Waals surface area contributed by atoms with E-state index in [4.69, 9.17) is 0 Å². The maximum Gasteiger partial charge on any atom is 0.129 e. The lowest BCUT2D eigenvalue weighted by atomic mass is 10.1. The molecule has 1 aromatic carbocycles. The molecule has 3 heteroatoms. The van der Waals surface area contributed by atoms with Crippen LogP contribution in [-0.2, 0) is 6.42 Å². The van der Waals surface area contributed by atoms with Crippen molar-refractivity contribution in [3.63, 3.8) is 0 Å². The summed E-state index contributed by atoms with van der Waals surface area (Å²) in [6.07, 6.45) is 4.28. The molecule has 0 radical (unpaired) electrons. The van der Waals surface area contributed by atoms with Gasteiger partial charge in [0.1, 0.15) is 12.1 Å². The van der Waals surface area contributed by atoms with Crippen LogP contribution in [0, 0.1) is 0 Å². The van der Waals surface area contributed by atoms with Gasteiger partial charge in [0.2, 0.25) is 0 Å². The Kier molecular flexibility index (Phi) is 3.49. The molecule has 3 nitrogen and oxygen atoms in total. The number of anilines is 1. The van der Waals surface area contributed by atoms with Crippen LogP contribution in [0.15, 0.2) is 48.9 Å². The monoisotopic (exact) mass is 213 g/mol. The molecule has 0 fully saturated rings. The quantitative estimate of drug-likeness (QED) is 0.848. The van der Waals surface area contributed by atoms with E-state index in [-0.39, 0.29) is 0 Å². The molecule has 1 unspecified atom stereocenters. The van der Waals surface area contributed by atoms with Gasteiger partial charge in [-0.3, -0.25) is 0 Å². The van der Waals surface area contributed by atoms with E-state index in [1.54, 1.807) is 12.5 Å². The second kappa shape index (κ2) is 5.26. The number of aromatic nitrogens is 2. The topological polar surface area (TPSA) is 37.8 Å². The summed E-state index contributed by atoms with van der Waals surface area (Å²) in [7, 11) is 0. The van der Waals surface area contributed by atoms with E-state index < -0.39 is 0 Å². The molecule has 1 N–H and O–H groups in total. The number of nitrogens with zero attached hydrogens (tertiary/aromatic N) is 2. The third-order valence-corrected chi connectivity index (χ3v) is 2.36. The van der Waals surface area contributed by atoms with Crippen molar-refractivity contribution in [3.8, 4) is 0 Å². The zero-order valence-electron chi connectivity index (χ0n) is 9.30. The third-order valence-electron chi connectivity index (χ3n) is 2.36. The Bertz CT molecular complexity index is 372. The Balaban J connectivity index is 1.92. The highest BCUT2D eigenvalue weighted by Gasteiger charge is 2.03. The Morgan fingerprint density at radius 3 is 2.69 bits per heavy atom. The maximum absolute atomic E-state index is 4.14. The second-order valence-corrected chi connectivity index (χ2v) is 3.83. The highest BCUT2D eigenvalue weighted by molar-refractivity contribution is 5.33. The fourth-order valence-electron chi connectivity index (χ4n) is 1.65. The summed E-state index contributed by atoms with van der Waals surface area (Å²) in [6.45, 7) is 2.15. The first-order chi connectivity index (χ1) is 7.84. The molecule has 2 rings (SSSR count). The maximum atomic E-state index is 4.14. The fraction of sp³-hybridized carbons (Fsp3) is 0.231. The van der Waals surface area contributed by atoms with E-state index in [2.05, 4.69) is 46.5 Å². The second-order valence-electron chi connectivity index (χ2n) is 3.83.